The summed E-state index contributed by atoms with van der Waals surface area (Å²) in [6.07, 6.45) is 10.3. The molecule has 0 aliphatic heterocycles. The number of fused-ring (bicyclic) bond motifs is 2. The van der Waals surface area contributed by atoms with Crippen molar-refractivity contribution in [1.29, 1.82) is 0 Å². The van der Waals surface area contributed by atoms with Gasteiger partial charge in [-0.15, -0.1) is 0 Å². The van der Waals surface area contributed by atoms with Gasteiger partial charge in [-0.1, -0.05) is 0 Å². The van der Waals surface area contributed by atoms with Crippen molar-refractivity contribution in [2.45, 2.75) is 0 Å². The van der Waals surface area contributed by atoms with Crippen molar-refractivity contribution < 1.29 is 4.79 Å². The van der Waals surface area contributed by atoms with E-state index in [1.165, 1.54) is 0 Å². The van der Waals surface area contributed by atoms with Gasteiger partial charge in [0, 0.05) is 54.5 Å². The van der Waals surface area contributed by atoms with E-state index in [-0.39, 0.29) is 5.91 Å². The number of hydrogen-bond donors (Lipinski definition) is 1. The second-order valence-corrected chi connectivity index (χ2v) is 6.60. The normalized spacial score (nSPS) is 11.1. The third-order valence-electron chi connectivity index (χ3n) is 4.58. The monoisotopic (exact) mass is 381 g/mol. The van der Waals surface area contributed by atoms with Gasteiger partial charge in [0.05, 0.1) is 22.9 Å². The zero-order valence-electron chi connectivity index (χ0n) is 15.4. The summed E-state index contributed by atoms with van der Waals surface area (Å²) in [5.41, 5.74) is 3.63. The molecule has 0 fully saturated rings. The summed E-state index contributed by atoms with van der Waals surface area (Å²) >= 11 is 0. The Morgan fingerprint density at radius 2 is 1.72 bits per heavy atom. The molecule has 4 aromatic heterocycles. The van der Waals surface area contributed by atoms with Gasteiger partial charge in [-0.3, -0.25) is 24.4 Å². The maximum Gasteiger partial charge on any atom is 0.256 e. The van der Waals surface area contributed by atoms with E-state index in [1.54, 1.807) is 53.9 Å². The number of anilines is 1. The van der Waals surface area contributed by atoms with E-state index in [0.717, 1.165) is 27.5 Å². The Balaban J connectivity index is 1.45. The highest BCUT2D eigenvalue weighted by atomic mass is 16.1. The molecule has 0 bridgehead atoms. The molecule has 0 saturated carbocycles. The summed E-state index contributed by atoms with van der Waals surface area (Å²) in [6.45, 7) is 0. The van der Waals surface area contributed by atoms with Gasteiger partial charge in [0.2, 0.25) is 0 Å². The van der Waals surface area contributed by atoms with Crippen LogP contribution < -0.4 is 5.32 Å². The van der Waals surface area contributed by atoms with Crippen molar-refractivity contribution in [3.63, 3.8) is 0 Å². The van der Waals surface area contributed by atoms with Crippen molar-refractivity contribution in [1.82, 2.24) is 29.7 Å². The number of amides is 1. The molecule has 0 saturated heterocycles. The molecule has 1 amide bonds. The van der Waals surface area contributed by atoms with Crippen molar-refractivity contribution in [3.05, 3.63) is 73.1 Å². The summed E-state index contributed by atoms with van der Waals surface area (Å²) in [5, 5.41) is 8.84. The van der Waals surface area contributed by atoms with Crippen LogP contribution in [0, 0.1) is 0 Å². The lowest BCUT2D eigenvalue weighted by Gasteiger charge is -2.07. The highest BCUT2D eigenvalue weighted by molar-refractivity contribution is 6.06. The second-order valence-electron chi connectivity index (χ2n) is 6.60. The minimum atomic E-state index is -0.258. The van der Waals surface area contributed by atoms with Crippen molar-refractivity contribution in [3.8, 4) is 11.3 Å². The van der Waals surface area contributed by atoms with E-state index in [1.807, 2.05) is 25.4 Å². The first-order valence-electron chi connectivity index (χ1n) is 8.93. The van der Waals surface area contributed by atoms with Crippen LogP contribution in [0.3, 0.4) is 0 Å². The molecule has 1 aromatic carbocycles. The third-order valence-corrected chi connectivity index (χ3v) is 4.58. The molecular formula is C21H15N7O. The molecule has 8 heteroatoms. The number of nitrogens with zero attached hydrogens (tertiary/aromatic N) is 6. The number of carbonyl (C=O) groups is 1. The highest BCUT2D eigenvalue weighted by Crippen LogP contribution is 2.23. The summed E-state index contributed by atoms with van der Waals surface area (Å²) < 4.78 is 1.73. The number of nitrogens with one attached hydrogen (secondary N) is 1. The van der Waals surface area contributed by atoms with Gasteiger partial charge < -0.3 is 5.32 Å². The Morgan fingerprint density at radius 1 is 0.897 bits per heavy atom. The second kappa shape index (κ2) is 6.75. The fourth-order valence-electron chi connectivity index (χ4n) is 3.11. The van der Waals surface area contributed by atoms with Crippen LogP contribution in [0.1, 0.15) is 10.4 Å². The highest BCUT2D eigenvalue weighted by Gasteiger charge is 2.10. The van der Waals surface area contributed by atoms with Crippen LogP contribution in [0.4, 0.5) is 5.82 Å². The molecule has 0 atom stereocenters. The van der Waals surface area contributed by atoms with Crippen molar-refractivity contribution in [2.75, 3.05) is 5.32 Å². The van der Waals surface area contributed by atoms with Crippen LogP contribution >= 0.6 is 0 Å². The molecule has 0 radical (unpaired) electrons. The van der Waals surface area contributed by atoms with Crippen LogP contribution in [0.15, 0.2) is 67.5 Å². The van der Waals surface area contributed by atoms with E-state index >= 15 is 0 Å². The molecule has 0 aliphatic carbocycles. The Hall–Kier alpha value is -4.20. The summed E-state index contributed by atoms with van der Waals surface area (Å²) in [6, 6.07) is 8.99. The summed E-state index contributed by atoms with van der Waals surface area (Å²) in [5.74, 6) is 0.205. The molecule has 1 N–H and O–H groups in total. The van der Waals surface area contributed by atoms with E-state index < -0.39 is 0 Å². The molecule has 4 heterocycles. The van der Waals surface area contributed by atoms with Gasteiger partial charge in [0.15, 0.2) is 0 Å². The van der Waals surface area contributed by atoms with Crippen LogP contribution in [-0.2, 0) is 7.05 Å². The Bertz CT molecular complexity index is 1380. The molecule has 8 nitrogen and oxygen atoms in total. The maximum absolute atomic E-state index is 12.7. The maximum atomic E-state index is 12.7. The molecular weight excluding hydrogens is 366 g/mol. The first-order chi connectivity index (χ1) is 14.2. The fraction of sp³-hybridized carbons (Fsp3) is 0.0476. The number of aryl methyl sites for hydroxylation is 1. The largest absolute Gasteiger partial charge is 0.307 e. The standard InChI is InChI=1S/C21H15N7O/c1-28-12-16(11-26-28)18-7-14-8-20(25-10-15(14)9-24-18)27-21(29)13-2-3-17-19(6-13)23-5-4-22-17/h2-12H,1H3,(H,25,27,29). The Labute approximate surface area is 165 Å². The number of pyridine rings is 2. The van der Waals surface area contributed by atoms with E-state index in [0.29, 0.717) is 16.9 Å². The van der Waals surface area contributed by atoms with Crippen molar-refractivity contribution >= 4 is 33.5 Å². The number of rotatable bonds is 3. The summed E-state index contributed by atoms with van der Waals surface area (Å²) in [7, 11) is 1.86. The minimum absolute atomic E-state index is 0.258. The SMILES string of the molecule is Cn1cc(-c2cc3cc(NC(=O)c4ccc5nccnc5c4)ncc3cn2)cn1. The molecule has 0 aliphatic rings. The predicted molar refractivity (Wildman–Crippen MR) is 109 cm³/mol. The lowest BCUT2D eigenvalue weighted by atomic mass is 10.1. The molecule has 0 spiro atoms. The van der Waals surface area contributed by atoms with E-state index in [9.17, 15) is 4.79 Å². The van der Waals surface area contributed by atoms with Gasteiger partial charge >= 0.3 is 0 Å². The lowest BCUT2D eigenvalue weighted by Crippen LogP contribution is -2.13. The van der Waals surface area contributed by atoms with E-state index in [4.69, 9.17) is 0 Å². The third kappa shape index (κ3) is 3.27. The first-order valence-corrected chi connectivity index (χ1v) is 8.93. The van der Waals surface area contributed by atoms with Crippen LogP contribution in [-0.4, -0.2) is 35.6 Å². The molecule has 140 valence electrons. The van der Waals surface area contributed by atoms with Crippen LogP contribution in [0.25, 0.3) is 33.1 Å². The van der Waals surface area contributed by atoms with Gasteiger partial charge in [-0.05, 0) is 35.7 Å². The van der Waals surface area contributed by atoms with Gasteiger partial charge in [0.1, 0.15) is 5.82 Å². The Kier molecular flexibility index (Phi) is 3.94. The van der Waals surface area contributed by atoms with Gasteiger partial charge in [0.25, 0.3) is 5.91 Å². The predicted octanol–water partition coefficient (Wildman–Crippen LogP) is 3.23. The topological polar surface area (TPSA) is 98.5 Å². The number of carbonyl (C=O) groups excluding carboxylic acids is 1. The fourth-order valence-corrected chi connectivity index (χ4v) is 3.11. The zero-order valence-corrected chi connectivity index (χ0v) is 15.4. The summed E-state index contributed by atoms with van der Waals surface area (Å²) in [4.78, 5) is 29.9. The molecule has 5 rings (SSSR count). The van der Waals surface area contributed by atoms with Crippen LogP contribution in [0.5, 0.6) is 0 Å². The molecule has 0 unspecified atom stereocenters. The number of aromatic nitrogens is 6. The molecule has 5 aromatic rings. The van der Waals surface area contributed by atoms with Crippen LogP contribution in [0.2, 0.25) is 0 Å². The quantitative estimate of drug-likeness (QED) is 0.515. The average Bonchev–Trinajstić information content (AvgIpc) is 3.19. The average molecular weight is 381 g/mol. The molecule has 29 heavy (non-hydrogen) atoms. The van der Waals surface area contributed by atoms with Gasteiger partial charge in [-0.2, -0.15) is 5.10 Å². The zero-order chi connectivity index (χ0) is 19.8. The van der Waals surface area contributed by atoms with Gasteiger partial charge in [-0.25, -0.2) is 4.98 Å². The number of hydrogen-bond acceptors (Lipinski definition) is 6. The lowest BCUT2D eigenvalue weighted by molar-refractivity contribution is 0.102. The smallest absolute Gasteiger partial charge is 0.256 e. The Morgan fingerprint density at radius 3 is 2.55 bits per heavy atom. The first kappa shape index (κ1) is 16.9. The minimum Gasteiger partial charge on any atom is -0.307 e. The van der Waals surface area contributed by atoms with Crippen molar-refractivity contribution in [2.24, 2.45) is 7.05 Å². The number of benzene rings is 1. The van der Waals surface area contributed by atoms with E-state index in [2.05, 4.69) is 30.4 Å².